The normalized spacial score (nSPS) is 11.9. The quantitative estimate of drug-likeness (QED) is 0.665. The van der Waals surface area contributed by atoms with Crippen molar-refractivity contribution in [1.29, 1.82) is 0 Å². The van der Waals surface area contributed by atoms with Crippen molar-refractivity contribution < 1.29 is 24.5 Å². The van der Waals surface area contributed by atoms with Gasteiger partial charge in [0.05, 0.1) is 12.7 Å². The molecular weight excluding hydrogens is 226 g/mol. The molecule has 1 atom stereocenters. The summed E-state index contributed by atoms with van der Waals surface area (Å²) in [5.41, 5.74) is 5.64. The Bertz CT molecular complexity index is 469. The Kier molecular flexibility index (Phi) is 3.69. The maximum Gasteiger partial charge on any atom is 0.336 e. The number of phenols is 1. The Hall–Kier alpha value is -2.08. The second kappa shape index (κ2) is 4.84. The topological polar surface area (TPSA) is 110 Å². The van der Waals surface area contributed by atoms with E-state index in [2.05, 4.69) is 4.74 Å². The van der Waals surface area contributed by atoms with E-state index in [4.69, 9.17) is 10.8 Å². The van der Waals surface area contributed by atoms with E-state index >= 15 is 0 Å². The van der Waals surface area contributed by atoms with E-state index < -0.39 is 18.0 Å². The molecule has 0 fully saturated rings. The first-order valence-electron chi connectivity index (χ1n) is 4.79. The van der Waals surface area contributed by atoms with Crippen molar-refractivity contribution in [3.8, 4) is 5.75 Å². The number of aromatic carboxylic acids is 1. The summed E-state index contributed by atoms with van der Waals surface area (Å²) in [5, 5.41) is 18.8. The minimum Gasteiger partial charge on any atom is -0.507 e. The third-order valence-corrected chi connectivity index (χ3v) is 2.42. The first kappa shape index (κ1) is 13.0. The molecule has 6 nitrogen and oxygen atoms in total. The van der Waals surface area contributed by atoms with Gasteiger partial charge in [-0.05, 0) is 18.6 Å². The fourth-order valence-electron chi connectivity index (χ4n) is 1.46. The van der Waals surface area contributed by atoms with Crippen LogP contribution < -0.4 is 5.73 Å². The molecule has 0 aromatic heterocycles. The van der Waals surface area contributed by atoms with Crippen molar-refractivity contribution in [2.75, 3.05) is 7.11 Å². The van der Waals surface area contributed by atoms with E-state index in [9.17, 15) is 14.7 Å². The van der Waals surface area contributed by atoms with Crippen LogP contribution in [0.1, 0.15) is 27.5 Å². The zero-order chi connectivity index (χ0) is 13.2. The molecule has 17 heavy (non-hydrogen) atoms. The lowest BCUT2D eigenvalue weighted by Gasteiger charge is -2.15. The lowest BCUT2D eigenvalue weighted by atomic mass is 9.97. The number of esters is 1. The van der Waals surface area contributed by atoms with Crippen LogP contribution in [0.4, 0.5) is 0 Å². The number of aromatic hydroxyl groups is 1. The molecule has 92 valence electrons. The highest BCUT2D eigenvalue weighted by Crippen LogP contribution is 2.30. The van der Waals surface area contributed by atoms with E-state index in [1.165, 1.54) is 12.1 Å². The number of carbonyl (C=O) groups is 2. The molecule has 1 rings (SSSR count). The molecule has 0 aliphatic carbocycles. The molecule has 0 amide bonds. The van der Waals surface area contributed by atoms with Crippen LogP contribution in [0.5, 0.6) is 5.75 Å². The summed E-state index contributed by atoms with van der Waals surface area (Å²) in [6.07, 6.45) is 0. The Morgan fingerprint density at radius 2 is 2.00 bits per heavy atom. The zero-order valence-electron chi connectivity index (χ0n) is 9.43. The van der Waals surface area contributed by atoms with E-state index in [1.807, 2.05) is 0 Å². The molecule has 4 N–H and O–H groups in total. The molecule has 0 radical (unpaired) electrons. The fraction of sp³-hybridized carbons (Fsp3) is 0.273. The number of carboxylic acid groups (broad SMARTS) is 1. The second-order valence-corrected chi connectivity index (χ2v) is 3.50. The number of ether oxygens (including phenoxy) is 1. The predicted molar refractivity (Wildman–Crippen MR) is 58.7 cm³/mol. The van der Waals surface area contributed by atoms with Gasteiger partial charge in [0, 0.05) is 5.56 Å². The summed E-state index contributed by atoms with van der Waals surface area (Å²) in [6.45, 7) is 1.58. The number of carboxylic acids is 1. The van der Waals surface area contributed by atoms with E-state index in [0.717, 1.165) is 7.11 Å². The Morgan fingerprint density at radius 3 is 2.47 bits per heavy atom. The summed E-state index contributed by atoms with van der Waals surface area (Å²) in [4.78, 5) is 22.3. The maximum atomic E-state index is 11.3. The van der Waals surface area contributed by atoms with Gasteiger partial charge in [0.15, 0.2) is 0 Å². The van der Waals surface area contributed by atoms with Gasteiger partial charge in [-0.3, -0.25) is 4.79 Å². The van der Waals surface area contributed by atoms with Crippen LogP contribution in [0.3, 0.4) is 0 Å². The average molecular weight is 239 g/mol. The number of benzene rings is 1. The van der Waals surface area contributed by atoms with Crippen molar-refractivity contribution >= 4 is 11.9 Å². The van der Waals surface area contributed by atoms with Gasteiger partial charge in [-0.1, -0.05) is 6.07 Å². The number of phenolic OH excluding ortho intramolecular Hbond substituents is 1. The average Bonchev–Trinajstić information content (AvgIpc) is 2.30. The lowest BCUT2D eigenvalue weighted by Crippen LogP contribution is -2.25. The Morgan fingerprint density at radius 1 is 1.41 bits per heavy atom. The van der Waals surface area contributed by atoms with Gasteiger partial charge in [0.25, 0.3) is 0 Å². The number of aryl methyl sites for hydroxylation is 1. The highest BCUT2D eigenvalue weighted by Gasteiger charge is 2.26. The summed E-state index contributed by atoms with van der Waals surface area (Å²) in [6, 6.07) is 1.40. The van der Waals surface area contributed by atoms with Gasteiger partial charge in [-0.25, -0.2) is 4.79 Å². The zero-order valence-corrected chi connectivity index (χ0v) is 9.43. The highest BCUT2D eigenvalue weighted by atomic mass is 16.5. The van der Waals surface area contributed by atoms with Crippen LogP contribution in [-0.4, -0.2) is 29.3 Å². The minimum atomic E-state index is -1.33. The van der Waals surface area contributed by atoms with Crippen molar-refractivity contribution in [3.63, 3.8) is 0 Å². The molecule has 0 saturated heterocycles. The van der Waals surface area contributed by atoms with Crippen LogP contribution in [-0.2, 0) is 9.53 Å². The summed E-state index contributed by atoms with van der Waals surface area (Å²) in [5.74, 6) is -2.38. The van der Waals surface area contributed by atoms with Crippen LogP contribution in [0.15, 0.2) is 12.1 Å². The van der Waals surface area contributed by atoms with Gasteiger partial charge in [-0.2, -0.15) is 0 Å². The predicted octanol–water partition coefficient (Wildman–Crippen LogP) is 0.572. The molecule has 0 saturated carbocycles. The van der Waals surface area contributed by atoms with Crippen molar-refractivity contribution in [1.82, 2.24) is 0 Å². The fourth-order valence-corrected chi connectivity index (χ4v) is 1.46. The maximum absolute atomic E-state index is 11.3. The monoisotopic (exact) mass is 239 g/mol. The van der Waals surface area contributed by atoms with Crippen LogP contribution >= 0.6 is 0 Å². The SMILES string of the molecule is COC(=O)[C@H](N)c1c(C(=O)O)ccc(C)c1O. The number of methoxy groups -OCH3 is 1. The minimum absolute atomic E-state index is 0.135. The smallest absolute Gasteiger partial charge is 0.336 e. The number of hydrogen-bond acceptors (Lipinski definition) is 5. The van der Waals surface area contributed by atoms with Crippen molar-refractivity contribution in [3.05, 3.63) is 28.8 Å². The molecule has 6 heteroatoms. The molecule has 0 heterocycles. The Balaban J connectivity index is 3.42. The second-order valence-electron chi connectivity index (χ2n) is 3.50. The lowest BCUT2D eigenvalue weighted by molar-refractivity contribution is -0.142. The third kappa shape index (κ3) is 2.36. The summed E-state index contributed by atoms with van der Waals surface area (Å²) in [7, 11) is 1.13. The summed E-state index contributed by atoms with van der Waals surface area (Å²) < 4.78 is 4.43. The van der Waals surface area contributed by atoms with Gasteiger partial charge in [-0.15, -0.1) is 0 Å². The summed E-state index contributed by atoms with van der Waals surface area (Å²) >= 11 is 0. The number of rotatable bonds is 3. The largest absolute Gasteiger partial charge is 0.507 e. The molecule has 0 unspecified atom stereocenters. The van der Waals surface area contributed by atoms with Crippen LogP contribution in [0, 0.1) is 6.92 Å². The molecule has 0 aliphatic heterocycles. The van der Waals surface area contributed by atoms with Crippen LogP contribution in [0.2, 0.25) is 0 Å². The highest BCUT2D eigenvalue weighted by molar-refractivity contribution is 5.93. The van der Waals surface area contributed by atoms with E-state index in [-0.39, 0.29) is 16.9 Å². The van der Waals surface area contributed by atoms with Crippen molar-refractivity contribution in [2.24, 2.45) is 5.73 Å². The Labute approximate surface area is 97.6 Å². The number of carbonyl (C=O) groups excluding carboxylic acids is 1. The number of hydrogen-bond donors (Lipinski definition) is 3. The van der Waals surface area contributed by atoms with E-state index in [1.54, 1.807) is 6.92 Å². The molecule has 0 bridgehead atoms. The number of nitrogens with two attached hydrogens (primary N) is 1. The van der Waals surface area contributed by atoms with Gasteiger partial charge in [0.2, 0.25) is 0 Å². The molecule has 1 aromatic rings. The molecule has 0 spiro atoms. The van der Waals surface area contributed by atoms with Crippen molar-refractivity contribution in [2.45, 2.75) is 13.0 Å². The standard InChI is InChI=1S/C11H13NO5/c1-5-3-4-6(10(14)15)7(9(5)13)8(12)11(16)17-2/h3-4,8,13H,12H2,1-2H3,(H,14,15)/t8-/m1/s1. The molecule has 1 aromatic carbocycles. The first-order chi connectivity index (χ1) is 7.90. The first-order valence-corrected chi connectivity index (χ1v) is 4.79. The van der Waals surface area contributed by atoms with E-state index in [0.29, 0.717) is 5.56 Å². The molecule has 0 aliphatic rings. The van der Waals surface area contributed by atoms with Gasteiger partial charge < -0.3 is 20.7 Å². The third-order valence-electron chi connectivity index (χ3n) is 2.42. The van der Waals surface area contributed by atoms with Gasteiger partial charge >= 0.3 is 11.9 Å². The molecular formula is C11H13NO5. The van der Waals surface area contributed by atoms with Gasteiger partial charge in [0.1, 0.15) is 11.8 Å². The van der Waals surface area contributed by atoms with Crippen LogP contribution in [0.25, 0.3) is 0 Å².